The summed E-state index contributed by atoms with van der Waals surface area (Å²) in [7, 11) is 3.17. The van der Waals surface area contributed by atoms with E-state index in [0.717, 1.165) is 31.2 Å². The van der Waals surface area contributed by atoms with Crippen LogP contribution in [0.25, 0.3) is 11.3 Å². The molecular formula is C19H23NO5. The molecule has 1 saturated carbocycles. The summed E-state index contributed by atoms with van der Waals surface area (Å²) in [6.07, 6.45) is 5.27. The first-order valence-electron chi connectivity index (χ1n) is 8.56. The molecule has 1 aromatic heterocycles. The van der Waals surface area contributed by atoms with Gasteiger partial charge in [0, 0.05) is 11.6 Å². The summed E-state index contributed by atoms with van der Waals surface area (Å²) in [6, 6.07) is 7.26. The lowest BCUT2D eigenvalue weighted by Crippen LogP contribution is -2.20. The number of rotatable bonds is 6. The highest BCUT2D eigenvalue weighted by atomic mass is 16.5. The lowest BCUT2D eigenvalue weighted by atomic mass is 9.89. The van der Waals surface area contributed by atoms with Crippen LogP contribution in [0, 0.1) is 5.92 Å². The Kier molecular flexibility index (Phi) is 5.58. The summed E-state index contributed by atoms with van der Waals surface area (Å²) in [4.78, 5) is 12.1. The van der Waals surface area contributed by atoms with E-state index < -0.39 is 0 Å². The lowest BCUT2D eigenvalue weighted by Gasteiger charge is -2.19. The molecule has 2 aromatic rings. The molecule has 6 heteroatoms. The topological polar surface area (TPSA) is 70.8 Å². The third kappa shape index (κ3) is 4.13. The molecule has 1 aromatic carbocycles. The van der Waals surface area contributed by atoms with Gasteiger partial charge in [0.2, 0.25) is 0 Å². The van der Waals surface area contributed by atoms with Crippen molar-refractivity contribution in [2.45, 2.75) is 38.7 Å². The van der Waals surface area contributed by atoms with E-state index in [1.807, 2.05) is 12.1 Å². The number of methoxy groups -OCH3 is 2. The second kappa shape index (κ2) is 8.05. The monoisotopic (exact) mass is 345 g/mol. The molecule has 25 heavy (non-hydrogen) atoms. The molecule has 0 saturated heterocycles. The Bertz CT molecular complexity index is 718. The van der Waals surface area contributed by atoms with Crippen LogP contribution in [0.1, 0.15) is 37.8 Å². The van der Waals surface area contributed by atoms with E-state index in [4.69, 9.17) is 18.7 Å². The van der Waals surface area contributed by atoms with Crippen LogP contribution in [-0.4, -0.2) is 25.3 Å². The summed E-state index contributed by atoms with van der Waals surface area (Å²) in [5.74, 6) is 1.75. The van der Waals surface area contributed by atoms with Crippen LogP contribution in [0.4, 0.5) is 0 Å². The maximum absolute atomic E-state index is 12.1. The molecule has 1 fully saturated rings. The Morgan fingerprint density at radius 2 is 1.88 bits per heavy atom. The molecule has 3 rings (SSSR count). The van der Waals surface area contributed by atoms with Gasteiger partial charge in [0.25, 0.3) is 0 Å². The molecule has 1 aliphatic carbocycles. The van der Waals surface area contributed by atoms with Gasteiger partial charge < -0.3 is 18.7 Å². The van der Waals surface area contributed by atoms with Gasteiger partial charge in [0.05, 0.1) is 20.1 Å². The fraction of sp³-hybridized carbons (Fsp3) is 0.474. The predicted octanol–water partition coefficient (Wildman–Crippen LogP) is 3.98. The summed E-state index contributed by atoms with van der Waals surface area (Å²) in [5.41, 5.74) is 1.41. The second-order valence-electron chi connectivity index (χ2n) is 6.19. The van der Waals surface area contributed by atoms with Crippen molar-refractivity contribution in [1.82, 2.24) is 5.16 Å². The number of carbonyl (C=O) groups excluding carboxylic acids is 1. The van der Waals surface area contributed by atoms with Crippen molar-refractivity contribution in [2.24, 2.45) is 5.92 Å². The quantitative estimate of drug-likeness (QED) is 0.738. The van der Waals surface area contributed by atoms with Gasteiger partial charge in [-0.25, -0.2) is 0 Å². The largest absolute Gasteiger partial charge is 0.493 e. The Hall–Kier alpha value is -2.50. The fourth-order valence-electron chi connectivity index (χ4n) is 3.11. The molecular weight excluding hydrogens is 322 g/mol. The van der Waals surface area contributed by atoms with E-state index >= 15 is 0 Å². The third-order valence-corrected chi connectivity index (χ3v) is 4.53. The van der Waals surface area contributed by atoms with E-state index in [9.17, 15) is 4.79 Å². The van der Waals surface area contributed by atoms with Gasteiger partial charge in [-0.15, -0.1) is 0 Å². The van der Waals surface area contributed by atoms with Crippen molar-refractivity contribution in [3.63, 3.8) is 0 Å². The molecule has 0 amide bonds. The van der Waals surface area contributed by atoms with Gasteiger partial charge in [0.15, 0.2) is 17.3 Å². The van der Waals surface area contributed by atoms with Crippen LogP contribution >= 0.6 is 0 Å². The highest BCUT2D eigenvalue weighted by Crippen LogP contribution is 2.32. The molecule has 0 atom stereocenters. The van der Waals surface area contributed by atoms with Crippen LogP contribution in [0.2, 0.25) is 0 Å². The SMILES string of the molecule is COc1ccc(-c2cc(COC(=O)C3CCCCC3)no2)cc1OC. The van der Waals surface area contributed by atoms with Crippen molar-refractivity contribution in [3.8, 4) is 22.8 Å². The molecule has 1 heterocycles. The number of carbonyl (C=O) groups is 1. The van der Waals surface area contributed by atoms with E-state index in [1.54, 1.807) is 26.4 Å². The molecule has 0 radical (unpaired) electrons. The standard InChI is InChI=1S/C19H23NO5/c1-22-16-9-8-14(10-18(16)23-2)17-11-15(20-25-17)12-24-19(21)13-6-4-3-5-7-13/h8-11,13H,3-7,12H2,1-2H3. The van der Waals surface area contributed by atoms with E-state index in [-0.39, 0.29) is 18.5 Å². The molecule has 6 nitrogen and oxygen atoms in total. The van der Waals surface area contributed by atoms with Crippen molar-refractivity contribution in [3.05, 3.63) is 30.0 Å². The zero-order valence-corrected chi connectivity index (χ0v) is 14.6. The van der Waals surface area contributed by atoms with Gasteiger partial charge >= 0.3 is 5.97 Å². The average molecular weight is 345 g/mol. The summed E-state index contributed by atoms with van der Waals surface area (Å²) in [6.45, 7) is 0.131. The van der Waals surface area contributed by atoms with Crippen LogP contribution in [0.5, 0.6) is 11.5 Å². The number of hydrogen-bond acceptors (Lipinski definition) is 6. The van der Waals surface area contributed by atoms with E-state index in [2.05, 4.69) is 5.16 Å². The summed E-state index contributed by atoms with van der Waals surface area (Å²) >= 11 is 0. The molecule has 0 spiro atoms. The first-order chi connectivity index (χ1) is 12.2. The van der Waals surface area contributed by atoms with E-state index in [0.29, 0.717) is 23.0 Å². The van der Waals surface area contributed by atoms with Gasteiger partial charge in [-0.3, -0.25) is 4.79 Å². The third-order valence-electron chi connectivity index (χ3n) is 4.53. The van der Waals surface area contributed by atoms with Gasteiger partial charge in [-0.2, -0.15) is 0 Å². The Balaban J connectivity index is 1.63. The van der Waals surface area contributed by atoms with Gasteiger partial charge in [-0.05, 0) is 31.0 Å². The fourth-order valence-corrected chi connectivity index (χ4v) is 3.11. The predicted molar refractivity (Wildman–Crippen MR) is 91.4 cm³/mol. The normalized spacial score (nSPS) is 15.0. The molecule has 1 aliphatic rings. The lowest BCUT2D eigenvalue weighted by molar-refractivity contribution is -0.151. The molecule has 0 bridgehead atoms. The van der Waals surface area contributed by atoms with Gasteiger partial charge in [0.1, 0.15) is 12.3 Å². The Labute approximate surface area is 147 Å². The van der Waals surface area contributed by atoms with Crippen LogP contribution in [0.3, 0.4) is 0 Å². The zero-order chi connectivity index (χ0) is 17.6. The maximum Gasteiger partial charge on any atom is 0.309 e. The maximum atomic E-state index is 12.1. The highest BCUT2D eigenvalue weighted by Gasteiger charge is 2.22. The number of nitrogens with zero attached hydrogens (tertiary/aromatic N) is 1. The number of benzene rings is 1. The zero-order valence-electron chi connectivity index (χ0n) is 14.6. The molecule has 0 N–H and O–H groups in total. The van der Waals surface area contributed by atoms with Crippen LogP contribution in [-0.2, 0) is 16.1 Å². The smallest absolute Gasteiger partial charge is 0.309 e. The average Bonchev–Trinajstić information content (AvgIpc) is 3.15. The minimum Gasteiger partial charge on any atom is -0.493 e. The molecule has 134 valence electrons. The number of esters is 1. The summed E-state index contributed by atoms with van der Waals surface area (Å²) in [5, 5.41) is 3.98. The molecule has 0 aliphatic heterocycles. The van der Waals surface area contributed by atoms with Crippen LogP contribution in [0.15, 0.2) is 28.8 Å². The molecule has 0 unspecified atom stereocenters. The minimum absolute atomic E-state index is 0.0333. The van der Waals surface area contributed by atoms with Gasteiger partial charge in [-0.1, -0.05) is 24.4 Å². The first kappa shape index (κ1) is 17.3. The first-order valence-corrected chi connectivity index (χ1v) is 8.56. The number of aromatic nitrogens is 1. The highest BCUT2D eigenvalue weighted by molar-refractivity contribution is 5.72. The van der Waals surface area contributed by atoms with E-state index in [1.165, 1.54) is 6.42 Å². The summed E-state index contributed by atoms with van der Waals surface area (Å²) < 4.78 is 21.3. The Morgan fingerprint density at radius 3 is 2.60 bits per heavy atom. The van der Waals surface area contributed by atoms with Crippen LogP contribution < -0.4 is 9.47 Å². The van der Waals surface area contributed by atoms with Crippen molar-refractivity contribution in [1.29, 1.82) is 0 Å². The minimum atomic E-state index is -0.129. The number of ether oxygens (including phenoxy) is 3. The van der Waals surface area contributed by atoms with Crippen molar-refractivity contribution >= 4 is 5.97 Å². The van der Waals surface area contributed by atoms with Crippen molar-refractivity contribution < 1.29 is 23.5 Å². The second-order valence-corrected chi connectivity index (χ2v) is 6.19. The Morgan fingerprint density at radius 1 is 1.12 bits per heavy atom. The van der Waals surface area contributed by atoms with Crippen molar-refractivity contribution in [2.75, 3.05) is 14.2 Å². The number of hydrogen-bond donors (Lipinski definition) is 0.